The molecule has 3 heteroatoms. The largest absolute Gasteiger partial charge is 0.333 e. The molecule has 0 aromatic carbocycles. The van der Waals surface area contributed by atoms with Crippen molar-refractivity contribution in [2.24, 2.45) is 5.41 Å². The lowest BCUT2D eigenvalue weighted by Crippen LogP contribution is -2.18. The second-order valence-electron chi connectivity index (χ2n) is 5.97. The predicted octanol–water partition coefficient (Wildman–Crippen LogP) is 2.74. The van der Waals surface area contributed by atoms with Crippen LogP contribution in [0.2, 0.25) is 0 Å². The van der Waals surface area contributed by atoms with Crippen LogP contribution in [0, 0.1) is 5.41 Å². The SMILES string of the molecule is CC(C)(C)CCn1cncc1C1CCCN1. The minimum absolute atomic E-state index is 0.393. The Labute approximate surface area is 98.3 Å². The van der Waals surface area contributed by atoms with Crippen molar-refractivity contribution in [3.05, 3.63) is 18.2 Å². The van der Waals surface area contributed by atoms with Gasteiger partial charge >= 0.3 is 0 Å². The molecule has 0 amide bonds. The maximum Gasteiger partial charge on any atom is 0.0948 e. The first-order valence-electron chi connectivity index (χ1n) is 6.30. The van der Waals surface area contributed by atoms with Crippen LogP contribution in [0.5, 0.6) is 0 Å². The molecule has 1 atom stereocenters. The van der Waals surface area contributed by atoms with Crippen molar-refractivity contribution in [1.82, 2.24) is 14.9 Å². The Kier molecular flexibility index (Phi) is 3.33. The molecule has 0 aliphatic carbocycles. The van der Waals surface area contributed by atoms with Gasteiger partial charge in [-0.1, -0.05) is 20.8 Å². The number of aromatic nitrogens is 2. The summed E-state index contributed by atoms with van der Waals surface area (Å²) in [6.45, 7) is 9.10. The van der Waals surface area contributed by atoms with Crippen LogP contribution in [-0.4, -0.2) is 16.1 Å². The second-order valence-corrected chi connectivity index (χ2v) is 5.97. The van der Waals surface area contributed by atoms with Crippen LogP contribution in [0.4, 0.5) is 0 Å². The molecule has 0 bridgehead atoms. The molecular formula is C13H23N3. The van der Waals surface area contributed by atoms with E-state index in [-0.39, 0.29) is 0 Å². The number of aryl methyl sites for hydroxylation is 1. The van der Waals surface area contributed by atoms with E-state index in [4.69, 9.17) is 0 Å². The van der Waals surface area contributed by atoms with E-state index in [0.717, 1.165) is 13.1 Å². The van der Waals surface area contributed by atoms with Gasteiger partial charge in [0, 0.05) is 18.8 Å². The highest BCUT2D eigenvalue weighted by molar-refractivity contribution is 5.07. The summed E-state index contributed by atoms with van der Waals surface area (Å²) in [7, 11) is 0. The molecule has 1 aliphatic rings. The zero-order chi connectivity index (χ0) is 11.6. The maximum atomic E-state index is 4.29. The van der Waals surface area contributed by atoms with E-state index in [1.54, 1.807) is 0 Å². The van der Waals surface area contributed by atoms with Crippen molar-refractivity contribution < 1.29 is 0 Å². The Morgan fingerprint density at radius 2 is 2.31 bits per heavy atom. The summed E-state index contributed by atoms with van der Waals surface area (Å²) in [6.07, 6.45) is 7.73. The van der Waals surface area contributed by atoms with Crippen LogP contribution >= 0.6 is 0 Å². The molecule has 0 spiro atoms. The highest BCUT2D eigenvalue weighted by Crippen LogP contribution is 2.25. The van der Waals surface area contributed by atoms with E-state index in [2.05, 4.69) is 35.6 Å². The summed E-state index contributed by atoms with van der Waals surface area (Å²) >= 11 is 0. The number of imidazole rings is 1. The molecule has 3 nitrogen and oxygen atoms in total. The van der Waals surface area contributed by atoms with Crippen LogP contribution in [0.25, 0.3) is 0 Å². The first-order valence-corrected chi connectivity index (χ1v) is 6.30. The minimum Gasteiger partial charge on any atom is -0.333 e. The number of hydrogen-bond donors (Lipinski definition) is 1. The standard InChI is InChI=1S/C13H23N3/c1-13(2,3)6-8-16-10-14-9-12(16)11-5-4-7-15-11/h9-11,15H,4-8H2,1-3H3. The van der Waals surface area contributed by atoms with E-state index in [9.17, 15) is 0 Å². The molecule has 16 heavy (non-hydrogen) atoms. The van der Waals surface area contributed by atoms with Gasteiger partial charge in [0.05, 0.1) is 12.0 Å². The van der Waals surface area contributed by atoms with Crippen molar-refractivity contribution in [2.75, 3.05) is 6.54 Å². The Morgan fingerprint density at radius 3 is 2.94 bits per heavy atom. The predicted molar refractivity (Wildman–Crippen MR) is 66.3 cm³/mol. The highest BCUT2D eigenvalue weighted by Gasteiger charge is 2.20. The zero-order valence-corrected chi connectivity index (χ0v) is 10.7. The first-order chi connectivity index (χ1) is 7.56. The molecular weight excluding hydrogens is 198 g/mol. The van der Waals surface area contributed by atoms with Crippen molar-refractivity contribution in [2.45, 2.75) is 52.6 Å². The average Bonchev–Trinajstić information content (AvgIpc) is 2.84. The third-order valence-electron chi connectivity index (χ3n) is 3.26. The zero-order valence-electron chi connectivity index (χ0n) is 10.7. The quantitative estimate of drug-likeness (QED) is 0.850. The Bertz CT molecular complexity index is 329. The van der Waals surface area contributed by atoms with Crippen LogP contribution in [0.1, 0.15) is 51.8 Å². The number of nitrogens with zero attached hydrogens (tertiary/aromatic N) is 2. The molecule has 0 radical (unpaired) electrons. The number of rotatable bonds is 3. The van der Waals surface area contributed by atoms with Gasteiger partial charge < -0.3 is 9.88 Å². The van der Waals surface area contributed by atoms with E-state index < -0.39 is 0 Å². The lowest BCUT2D eigenvalue weighted by molar-refractivity contribution is 0.345. The lowest BCUT2D eigenvalue weighted by atomic mass is 9.92. The van der Waals surface area contributed by atoms with E-state index in [0.29, 0.717) is 11.5 Å². The third kappa shape index (κ3) is 2.85. The summed E-state index contributed by atoms with van der Waals surface area (Å²) in [4.78, 5) is 4.29. The number of hydrogen-bond acceptors (Lipinski definition) is 2. The fourth-order valence-corrected chi connectivity index (χ4v) is 2.20. The van der Waals surface area contributed by atoms with Crippen LogP contribution in [-0.2, 0) is 6.54 Å². The molecule has 1 fully saturated rings. The summed E-state index contributed by atoms with van der Waals surface area (Å²) in [6, 6.07) is 0.530. The summed E-state index contributed by atoms with van der Waals surface area (Å²) in [5.74, 6) is 0. The third-order valence-corrected chi connectivity index (χ3v) is 3.26. The van der Waals surface area contributed by atoms with Gasteiger partial charge in [0.2, 0.25) is 0 Å². The Balaban J connectivity index is 2.01. The van der Waals surface area contributed by atoms with Gasteiger partial charge in [0.15, 0.2) is 0 Å². The van der Waals surface area contributed by atoms with E-state index in [1.807, 2.05) is 12.5 Å². The summed E-state index contributed by atoms with van der Waals surface area (Å²) in [5, 5.41) is 3.54. The fraction of sp³-hybridized carbons (Fsp3) is 0.769. The molecule has 1 unspecified atom stereocenters. The average molecular weight is 221 g/mol. The van der Waals surface area contributed by atoms with Gasteiger partial charge in [0.25, 0.3) is 0 Å². The van der Waals surface area contributed by atoms with Crippen molar-refractivity contribution in [3.8, 4) is 0 Å². The maximum absolute atomic E-state index is 4.29. The highest BCUT2D eigenvalue weighted by atomic mass is 15.1. The van der Waals surface area contributed by atoms with Gasteiger partial charge in [-0.2, -0.15) is 0 Å². The smallest absolute Gasteiger partial charge is 0.0948 e. The first kappa shape index (κ1) is 11.6. The summed E-state index contributed by atoms with van der Waals surface area (Å²) < 4.78 is 2.31. The van der Waals surface area contributed by atoms with Gasteiger partial charge in [-0.25, -0.2) is 4.98 Å². The summed E-state index contributed by atoms with van der Waals surface area (Å²) in [5.41, 5.74) is 1.76. The molecule has 2 heterocycles. The van der Waals surface area contributed by atoms with Gasteiger partial charge in [-0.05, 0) is 31.2 Å². The van der Waals surface area contributed by atoms with Gasteiger partial charge in [-0.15, -0.1) is 0 Å². The van der Waals surface area contributed by atoms with Crippen LogP contribution in [0.3, 0.4) is 0 Å². The lowest BCUT2D eigenvalue weighted by Gasteiger charge is -2.20. The second kappa shape index (κ2) is 4.58. The molecule has 1 N–H and O–H groups in total. The Hall–Kier alpha value is -0.830. The van der Waals surface area contributed by atoms with E-state index in [1.165, 1.54) is 25.0 Å². The molecule has 2 rings (SSSR count). The Morgan fingerprint density at radius 1 is 1.50 bits per heavy atom. The molecule has 1 aromatic heterocycles. The monoisotopic (exact) mass is 221 g/mol. The van der Waals surface area contributed by atoms with Crippen molar-refractivity contribution >= 4 is 0 Å². The van der Waals surface area contributed by atoms with Crippen molar-refractivity contribution in [1.29, 1.82) is 0 Å². The van der Waals surface area contributed by atoms with Gasteiger partial charge in [-0.3, -0.25) is 0 Å². The van der Waals surface area contributed by atoms with Crippen LogP contribution in [0.15, 0.2) is 12.5 Å². The topological polar surface area (TPSA) is 29.9 Å². The molecule has 90 valence electrons. The molecule has 1 aromatic rings. The fourth-order valence-electron chi connectivity index (χ4n) is 2.20. The van der Waals surface area contributed by atoms with Gasteiger partial charge in [0.1, 0.15) is 0 Å². The molecule has 0 saturated carbocycles. The molecule has 1 saturated heterocycles. The van der Waals surface area contributed by atoms with Crippen LogP contribution < -0.4 is 5.32 Å². The minimum atomic E-state index is 0.393. The number of nitrogens with one attached hydrogen (secondary N) is 1. The molecule has 1 aliphatic heterocycles. The normalized spacial score (nSPS) is 21.6. The van der Waals surface area contributed by atoms with E-state index >= 15 is 0 Å². The van der Waals surface area contributed by atoms with Crippen molar-refractivity contribution in [3.63, 3.8) is 0 Å².